The molecule has 19 nitrogen and oxygen atoms in total. The van der Waals surface area contributed by atoms with Gasteiger partial charge in [0.1, 0.15) is 36.7 Å². The summed E-state index contributed by atoms with van der Waals surface area (Å²) >= 11 is 0. The molecule has 3 aliphatic rings. The molecule has 0 spiro atoms. The van der Waals surface area contributed by atoms with Crippen molar-refractivity contribution in [2.24, 2.45) is 23.7 Å². The van der Waals surface area contributed by atoms with Gasteiger partial charge < -0.3 is 59.0 Å². The monoisotopic (exact) mass is 1060 g/mol. The molecular formula is C52H89FN6O13S. The Bertz CT molecular complexity index is 2170. The standard InChI is InChI=1S/C52H89FN6O13S/c1-15-42-52(11,65)45(61)34(7)58(13)28-30(3)25-50(9,64)47(32(5)43(33(6)48(63)71-42)41-26-51(10,68-14)46(62)35(8)70-41)72-49-44(60)40(23-31(4)69-49)57(12)22-21-37-29-59(56-55-37)38(27-53)24-36-17-19-39(20-18-36)73(66,67)54-16-2/h17-20,29-35,38,40-47,49,54,60-62,64-65H,15-16,21-28H2,1-14H3/t30-,31-,32+,33-,34-,35+,38+,40+,41?,42-,43+,44-,45-,46+,47-,49+,50-,51-,52-/m1/s1. The highest BCUT2D eigenvalue weighted by Gasteiger charge is 2.55. The third-order valence-corrected chi connectivity index (χ3v) is 17.9. The molecule has 1 unspecified atom stereocenters. The van der Waals surface area contributed by atoms with Crippen molar-refractivity contribution >= 4 is 16.0 Å². The van der Waals surface area contributed by atoms with Crippen LogP contribution in [0.15, 0.2) is 35.4 Å². The van der Waals surface area contributed by atoms with E-state index in [0.717, 1.165) is 5.56 Å². The number of cyclic esters (lactones) is 1. The van der Waals surface area contributed by atoms with Crippen LogP contribution >= 0.6 is 0 Å². The number of hydrogen-bond donors (Lipinski definition) is 6. The van der Waals surface area contributed by atoms with Crippen LogP contribution in [0.5, 0.6) is 0 Å². The van der Waals surface area contributed by atoms with Gasteiger partial charge in [0, 0.05) is 63.8 Å². The van der Waals surface area contributed by atoms with Gasteiger partial charge in [-0.1, -0.05) is 52.0 Å². The van der Waals surface area contributed by atoms with Crippen LogP contribution in [0.2, 0.25) is 0 Å². The molecule has 2 aromatic rings. The van der Waals surface area contributed by atoms with Crippen LogP contribution < -0.4 is 4.72 Å². The number of ether oxygens (including phenoxy) is 5. The zero-order valence-corrected chi connectivity index (χ0v) is 46.5. The number of carbonyl (C=O) groups is 1. The predicted octanol–water partition coefficient (Wildman–Crippen LogP) is 3.43. The lowest BCUT2D eigenvalue weighted by Gasteiger charge is -2.51. The fraction of sp³-hybridized carbons (Fsp3) is 0.827. The van der Waals surface area contributed by atoms with Crippen molar-refractivity contribution in [2.75, 3.05) is 47.5 Å². The molecule has 5 rings (SSSR count). The number of carbonyl (C=O) groups excluding carboxylic acids is 1. The van der Waals surface area contributed by atoms with Gasteiger partial charge >= 0.3 is 5.97 Å². The molecule has 6 N–H and O–H groups in total. The van der Waals surface area contributed by atoms with E-state index >= 15 is 0 Å². The average Bonchev–Trinajstić information content (AvgIpc) is 3.81. The largest absolute Gasteiger partial charge is 0.459 e. The third-order valence-electron chi connectivity index (χ3n) is 16.3. The van der Waals surface area contributed by atoms with Crippen LogP contribution in [0.4, 0.5) is 4.39 Å². The SMILES string of the molecule is CCNS(=O)(=O)c1ccc(C[C@@H](CF)n2cc(CCN(C)[C@H]3C[C@@H](C)O[C@@H](O[C@@H]4[C@@H](C)[C@H](C5C[C@@](C)(OC)[C@@H](O)[C@H](C)O5)[C@@H](C)C(=O)O[C@H](CC)[C@@](C)(O)[C@H](O)[C@@H](C)N(C)C[C@H](C)C[C@@]4(C)O)[C@@H]3O)nn2)cc1. The van der Waals surface area contributed by atoms with Gasteiger partial charge in [0.25, 0.3) is 0 Å². The predicted molar refractivity (Wildman–Crippen MR) is 271 cm³/mol. The molecule has 1 aromatic carbocycles. The second kappa shape index (κ2) is 25.1. The van der Waals surface area contributed by atoms with Crippen molar-refractivity contribution in [3.8, 4) is 0 Å². The second-order valence-corrected chi connectivity index (χ2v) is 24.1. The first-order valence-corrected chi connectivity index (χ1v) is 27.7. The van der Waals surface area contributed by atoms with Crippen LogP contribution in [0, 0.1) is 23.7 Å². The number of aromatic nitrogens is 3. The number of rotatable bonds is 16. The van der Waals surface area contributed by atoms with E-state index in [1.165, 1.54) is 30.8 Å². The maximum absolute atomic E-state index is 14.6. The van der Waals surface area contributed by atoms with Crippen molar-refractivity contribution in [2.45, 2.75) is 210 Å². The molecule has 0 radical (unpaired) electrons. The molecule has 0 amide bonds. The minimum Gasteiger partial charge on any atom is -0.459 e. The van der Waals surface area contributed by atoms with E-state index < -0.39 is 130 Å². The Morgan fingerprint density at radius 1 is 1.00 bits per heavy atom. The first kappa shape index (κ1) is 61.1. The molecule has 0 aliphatic carbocycles. The number of benzene rings is 1. The lowest BCUT2D eigenvalue weighted by molar-refractivity contribution is -0.302. The Morgan fingerprint density at radius 3 is 2.26 bits per heavy atom. The van der Waals surface area contributed by atoms with Gasteiger partial charge in [-0.05, 0) is 111 Å². The summed E-state index contributed by atoms with van der Waals surface area (Å²) in [4.78, 5) is 18.7. The highest BCUT2D eigenvalue weighted by atomic mass is 32.2. The van der Waals surface area contributed by atoms with E-state index in [1.54, 1.807) is 66.8 Å². The summed E-state index contributed by atoms with van der Waals surface area (Å²) in [7, 11) is 1.60. The molecule has 3 fully saturated rings. The minimum atomic E-state index is -3.63. The molecule has 4 heterocycles. The van der Waals surface area contributed by atoms with Gasteiger partial charge in [-0.3, -0.25) is 4.79 Å². The van der Waals surface area contributed by atoms with E-state index in [9.17, 15) is 43.1 Å². The third kappa shape index (κ3) is 14.2. The van der Waals surface area contributed by atoms with Crippen molar-refractivity contribution in [1.82, 2.24) is 29.5 Å². The molecule has 418 valence electrons. The Balaban J connectivity index is 1.43. The lowest BCUT2D eigenvalue weighted by Crippen LogP contribution is -2.62. The number of nitrogens with zero attached hydrogens (tertiary/aromatic N) is 5. The average molecular weight is 1060 g/mol. The summed E-state index contributed by atoms with van der Waals surface area (Å²) in [5, 5.41) is 68.7. The number of halogens is 1. The van der Waals surface area contributed by atoms with Crippen LogP contribution in [0.3, 0.4) is 0 Å². The Kier molecular flexibility index (Phi) is 21.0. The van der Waals surface area contributed by atoms with Gasteiger partial charge in [-0.25, -0.2) is 22.2 Å². The zero-order valence-electron chi connectivity index (χ0n) is 45.7. The number of sulfonamides is 1. The lowest BCUT2D eigenvalue weighted by atomic mass is 9.68. The molecular weight excluding hydrogens is 968 g/mol. The fourth-order valence-corrected chi connectivity index (χ4v) is 12.9. The molecule has 3 aliphatic heterocycles. The van der Waals surface area contributed by atoms with Crippen LogP contribution in [-0.4, -0.2) is 196 Å². The number of methoxy groups -OCH3 is 1. The topological polar surface area (TPSA) is 248 Å². The van der Waals surface area contributed by atoms with Crippen molar-refractivity contribution in [1.29, 1.82) is 0 Å². The maximum Gasteiger partial charge on any atom is 0.309 e. The Labute approximate surface area is 433 Å². The molecule has 19 atom stereocenters. The van der Waals surface area contributed by atoms with Crippen molar-refractivity contribution < 1.29 is 66.8 Å². The smallest absolute Gasteiger partial charge is 0.309 e. The number of aliphatic hydroxyl groups is 5. The molecule has 0 saturated carbocycles. The normalized spacial score (nSPS) is 39.4. The molecule has 3 saturated heterocycles. The summed E-state index contributed by atoms with van der Waals surface area (Å²) in [6.45, 7) is 19.8. The van der Waals surface area contributed by atoms with E-state index in [1.807, 2.05) is 44.7 Å². The number of nitrogens with one attached hydrogen (secondary N) is 1. The van der Waals surface area contributed by atoms with Crippen molar-refractivity contribution in [3.05, 3.63) is 41.7 Å². The number of hydrogen-bond acceptors (Lipinski definition) is 17. The van der Waals surface area contributed by atoms with E-state index in [2.05, 4.69) is 15.0 Å². The van der Waals surface area contributed by atoms with Crippen LogP contribution in [-0.2, 0) is 51.3 Å². The maximum atomic E-state index is 14.6. The number of likely N-dealkylation sites (N-methyl/N-ethyl adjacent to an activating group) is 2. The molecule has 73 heavy (non-hydrogen) atoms. The van der Waals surface area contributed by atoms with E-state index in [4.69, 9.17) is 23.7 Å². The van der Waals surface area contributed by atoms with Crippen LogP contribution in [0.1, 0.15) is 119 Å². The van der Waals surface area contributed by atoms with Gasteiger partial charge in [-0.2, -0.15) is 0 Å². The van der Waals surface area contributed by atoms with Gasteiger partial charge in [-0.15, -0.1) is 5.10 Å². The fourth-order valence-electron chi connectivity index (χ4n) is 11.8. The quantitative estimate of drug-likeness (QED) is 0.132. The summed E-state index contributed by atoms with van der Waals surface area (Å²) in [6.07, 6.45) is -5.49. The first-order valence-electron chi connectivity index (χ1n) is 26.2. The number of alkyl halides is 1. The molecule has 21 heteroatoms. The molecule has 0 bridgehead atoms. The van der Waals surface area contributed by atoms with Crippen LogP contribution in [0.25, 0.3) is 0 Å². The first-order chi connectivity index (χ1) is 34.0. The van der Waals surface area contributed by atoms with E-state index in [-0.39, 0.29) is 43.0 Å². The second-order valence-electron chi connectivity index (χ2n) is 22.4. The Hall–Kier alpha value is -2.77. The van der Waals surface area contributed by atoms with Gasteiger partial charge in [0.2, 0.25) is 10.0 Å². The summed E-state index contributed by atoms with van der Waals surface area (Å²) in [5.41, 5.74) is -3.21. The van der Waals surface area contributed by atoms with Gasteiger partial charge in [0.05, 0.1) is 58.2 Å². The highest BCUT2D eigenvalue weighted by molar-refractivity contribution is 7.89. The molecule has 1 aromatic heterocycles. The van der Waals surface area contributed by atoms with Crippen molar-refractivity contribution in [3.63, 3.8) is 0 Å². The summed E-state index contributed by atoms with van der Waals surface area (Å²) in [5.74, 6) is -3.30. The number of esters is 1. The van der Waals surface area contributed by atoms with Gasteiger partial charge in [0.15, 0.2) is 6.29 Å². The summed E-state index contributed by atoms with van der Waals surface area (Å²) < 4.78 is 75.4. The number of aliphatic hydroxyl groups excluding tert-OH is 3. The summed E-state index contributed by atoms with van der Waals surface area (Å²) in [6, 6.07) is 4.56. The highest BCUT2D eigenvalue weighted by Crippen LogP contribution is 2.45. The zero-order chi connectivity index (χ0) is 54.5. The Morgan fingerprint density at radius 2 is 1.66 bits per heavy atom. The minimum absolute atomic E-state index is 0.124. The van der Waals surface area contributed by atoms with E-state index in [0.29, 0.717) is 31.6 Å².